The van der Waals surface area contributed by atoms with E-state index in [9.17, 15) is 21.6 Å². The third-order valence-electron chi connectivity index (χ3n) is 5.28. The van der Waals surface area contributed by atoms with Gasteiger partial charge in [-0.3, -0.25) is 4.68 Å². The number of aryl methyl sites for hydroxylation is 2. The summed E-state index contributed by atoms with van der Waals surface area (Å²) in [6.07, 6.45) is 3.01. The Hall–Kier alpha value is -4.13. The molecule has 0 unspecified atom stereocenters. The summed E-state index contributed by atoms with van der Waals surface area (Å²) in [5.41, 5.74) is 2.62. The number of sulfone groups is 1. The molecule has 0 bridgehead atoms. The molecule has 0 atom stereocenters. The molecular weight excluding hydrogens is 525 g/mol. The van der Waals surface area contributed by atoms with Crippen molar-refractivity contribution in [2.24, 2.45) is 0 Å². The third kappa shape index (κ3) is 8.20. The maximum atomic E-state index is 12.5. The fraction of sp³-hybridized carbons (Fsp3) is 0.240. The number of oxazole rings is 1. The van der Waals surface area contributed by atoms with Gasteiger partial charge in [0.2, 0.25) is 5.89 Å². The lowest BCUT2D eigenvalue weighted by molar-refractivity contribution is -0.274. The van der Waals surface area contributed by atoms with Crippen molar-refractivity contribution in [3.8, 4) is 11.5 Å². The van der Waals surface area contributed by atoms with Crippen LogP contribution in [0.3, 0.4) is 0 Å². The van der Waals surface area contributed by atoms with Gasteiger partial charge in [-0.05, 0) is 54.0 Å². The lowest BCUT2D eigenvalue weighted by atomic mass is 10.1. The van der Waals surface area contributed by atoms with Crippen LogP contribution in [0.1, 0.15) is 28.3 Å². The molecule has 38 heavy (non-hydrogen) atoms. The number of ether oxygens (including phenoxy) is 2. The number of hydrogen-bond acceptors (Lipinski definition) is 8. The minimum absolute atomic E-state index is 0.0469. The molecule has 2 aromatic carbocycles. The first-order valence-electron chi connectivity index (χ1n) is 11.3. The van der Waals surface area contributed by atoms with Crippen molar-refractivity contribution >= 4 is 22.0 Å². The molecule has 0 amide bonds. The number of rotatable bonds is 11. The molecule has 4 aromatic rings. The Morgan fingerprint density at radius 2 is 1.84 bits per heavy atom. The van der Waals surface area contributed by atoms with E-state index in [1.165, 1.54) is 41.4 Å². The Morgan fingerprint density at radius 3 is 2.53 bits per heavy atom. The van der Waals surface area contributed by atoms with Crippen molar-refractivity contribution in [3.63, 3.8) is 0 Å². The number of hydrogen-bond donors (Lipinski definition) is 0. The quantitative estimate of drug-likeness (QED) is 0.262. The summed E-state index contributed by atoms with van der Waals surface area (Å²) in [6, 6.07) is 10.5. The Balaban J connectivity index is 1.28. The van der Waals surface area contributed by atoms with Crippen LogP contribution < -0.4 is 9.47 Å². The summed E-state index contributed by atoms with van der Waals surface area (Å²) in [5.74, 6) is 0.396. The minimum atomic E-state index is -4.74. The second-order valence-electron chi connectivity index (χ2n) is 8.26. The standard InChI is InChI=1S/C25H23F3N4O5S/c1-18-14-23(8-5-20(18)17-38(33,34)13-12-32-11-10-29-31-32)35-15-21-16-36-24(30-21)9-4-19-2-6-22(7-3-19)37-25(26,27)28/h2-11,14,16H,12-13,15,17H2,1H3/b9-4+. The molecule has 13 heteroatoms. The van der Waals surface area contributed by atoms with Crippen LogP contribution in [0.15, 0.2) is 65.5 Å². The van der Waals surface area contributed by atoms with Gasteiger partial charge in [-0.15, -0.1) is 18.3 Å². The summed E-state index contributed by atoms with van der Waals surface area (Å²) >= 11 is 0. The van der Waals surface area contributed by atoms with E-state index in [0.29, 0.717) is 28.5 Å². The number of aromatic nitrogens is 4. The van der Waals surface area contributed by atoms with Crippen molar-refractivity contribution in [2.45, 2.75) is 32.2 Å². The normalized spacial score (nSPS) is 12.2. The van der Waals surface area contributed by atoms with Crippen LogP contribution in [-0.2, 0) is 28.7 Å². The summed E-state index contributed by atoms with van der Waals surface area (Å²) in [7, 11) is -3.34. The molecule has 0 radical (unpaired) electrons. The maximum absolute atomic E-state index is 12.5. The van der Waals surface area contributed by atoms with Crippen LogP contribution in [0.4, 0.5) is 13.2 Å². The van der Waals surface area contributed by atoms with Gasteiger partial charge in [-0.2, -0.15) is 0 Å². The van der Waals surface area contributed by atoms with Crippen LogP contribution in [0, 0.1) is 6.92 Å². The van der Waals surface area contributed by atoms with Crippen LogP contribution in [0.5, 0.6) is 11.5 Å². The highest BCUT2D eigenvalue weighted by Gasteiger charge is 2.30. The molecule has 2 aromatic heterocycles. The predicted molar refractivity (Wildman–Crippen MR) is 132 cm³/mol. The minimum Gasteiger partial charge on any atom is -0.487 e. The first-order chi connectivity index (χ1) is 18.0. The fourth-order valence-electron chi connectivity index (χ4n) is 3.38. The van der Waals surface area contributed by atoms with Crippen LogP contribution >= 0.6 is 0 Å². The molecular formula is C25H23F3N4O5S. The van der Waals surface area contributed by atoms with Gasteiger partial charge in [0.25, 0.3) is 0 Å². The molecule has 0 N–H and O–H groups in total. The first kappa shape index (κ1) is 26.9. The third-order valence-corrected chi connectivity index (χ3v) is 6.84. The highest BCUT2D eigenvalue weighted by Crippen LogP contribution is 2.24. The molecule has 0 spiro atoms. The number of benzene rings is 2. The van der Waals surface area contributed by atoms with Gasteiger partial charge >= 0.3 is 6.36 Å². The molecule has 2 heterocycles. The summed E-state index contributed by atoms with van der Waals surface area (Å²) in [6.45, 7) is 2.17. The van der Waals surface area contributed by atoms with Crippen LogP contribution in [0.2, 0.25) is 0 Å². The van der Waals surface area contributed by atoms with Crippen LogP contribution in [0.25, 0.3) is 12.2 Å². The van der Waals surface area contributed by atoms with Crippen molar-refractivity contribution in [1.29, 1.82) is 0 Å². The van der Waals surface area contributed by atoms with Gasteiger partial charge < -0.3 is 13.9 Å². The van der Waals surface area contributed by atoms with E-state index in [0.717, 1.165) is 5.56 Å². The zero-order chi connectivity index (χ0) is 27.2. The van der Waals surface area contributed by atoms with Gasteiger partial charge in [-0.1, -0.05) is 23.4 Å². The number of nitrogens with zero attached hydrogens (tertiary/aromatic N) is 4. The number of alkyl halides is 3. The molecule has 0 saturated heterocycles. The van der Waals surface area contributed by atoms with E-state index in [-0.39, 0.29) is 30.4 Å². The highest BCUT2D eigenvalue weighted by atomic mass is 32.2. The number of halogens is 3. The van der Waals surface area contributed by atoms with Gasteiger partial charge in [0, 0.05) is 12.3 Å². The fourth-order valence-corrected chi connectivity index (χ4v) is 4.79. The van der Waals surface area contributed by atoms with E-state index < -0.39 is 16.2 Å². The Morgan fingerprint density at radius 1 is 1.08 bits per heavy atom. The highest BCUT2D eigenvalue weighted by molar-refractivity contribution is 7.90. The smallest absolute Gasteiger partial charge is 0.487 e. The average molecular weight is 549 g/mol. The van der Waals surface area contributed by atoms with Gasteiger partial charge in [0.15, 0.2) is 9.84 Å². The molecule has 0 aliphatic carbocycles. The second kappa shape index (κ2) is 11.5. The summed E-state index contributed by atoms with van der Waals surface area (Å²) in [4.78, 5) is 4.29. The molecule has 0 fully saturated rings. The zero-order valence-electron chi connectivity index (χ0n) is 20.1. The van der Waals surface area contributed by atoms with Gasteiger partial charge in [0.05, 0.1) is 24.2 Å². The predicted octanol–water partition coefficient (Wildman–Crippen LogP) is 4.84. The first-order valence-corrected chi connectivity index (χ1v) is 13.1. The van der Waals surface area contributed by atoms with Gasteiger partial charge in [0.1, 0.15) is 30.1 Å². The average Bonchev–Trinajstić information content (AvgIpc) is 3.54. The molecule has 0 aliphatic heterocycles. The Bertz CT molecular complexity index is 1480. The zero-order valence-corrected chi connectivity index (χ0v) is 20.9. The molecule has 4 rings (SSSR count). The summed E-state index contributed by atoms with van der Waals surface area (Å²) < 4.78 is 78.2. The van der Waals surface area contributed by atoms with E-state index in [1.54, 1.807) is 36.5 Å². The van der Waals surface area contributed by atoms with E-state index in [2.05, 4.69) is 20.0 Å². The van der Waals surface area contributed by atoms with Crippen LogP contribution in [-0.4, -0.2) is 40.5 Å². The lowest BCUT2D eigenvalue weighted by Gasteiger charge is -2.10. The van der Waals surface area contributed by atoms with Crippen molar-refractivity contribution < 1.29 is 35.5 Å². The lowest BCUT2D eigenvalue weighted by Crippen LogP contribution is -2.16. The van der Waals surface area contributed by atoms with Crippen molar-refractivity contribution in [2.75, 3.05) is 5.75 Å². The van der Waals surface area contributed by atoms with E-state index in [1.807, 2.05) is 6.92 Å². The Labute approximate surface area is 216 Å². The largest absolute Gasteiger partial charge is 0.573 e. The summed E-state index contributed by atoms with van der Waals surface area (Å²) in [5, 5.41) is 7.44. The van der Waals surface area contributed by atoms with Crippen molar-refractivity contribution in [1.82, 2.24) is 20.0 Å². The maximum Gasteiger partial charge on any atom is 0.573 e. The van der Waals surface area contributed by atoms with E-state index in [4.69, 9.17) is 9.15 Å². The van der Waals surface area contributed by atoms with Gasteiger partial charge in [-0.25, -0.2) is 13.4 Å². The molecule has 200 valence electrons. The van der Waals surface area contributed by atoms with E-state index >= 15 is 0 Å². The molecule has 0 aliphatic rings. The topological polar surface area (TPSA) is 109 Å². The SMILES string of the molecule is Cc1cc(OCc2coc(/C=C/c3ccc(OC(F)(F)F)cc3)n2)ccc1CS(=O)(=O)CCn1ccnn1. The molecule has 0 saturated carbocycles. The monoisotopic (exact) mass is 548 g/mol. The van der Waals surface area contributed by atoms with Crippen molar-refractivity contribution in [3.05, 3.63) is 89.4 Å². The second-order valence-corrected chi connectivity index (χ2v) is 10.4. The molecule has 9 nitrogen and oxygen atoms in total. The Kier molecular flexibility index (Phi) is 8.15.